The SMILES string of the molecule is CCCn1cnnc1CN(C)c1cc(-c2ccc(F)cc2)nc2ccnn12. The Balaban J connectivity index is 1.72. The van der Waals surface area contributed by atoms with Crippen molar-refractivity contribution >= 4 is 11.5 Å². The maximum absolute atomic E-state index is 13.3. The van der Waals surface area contributed by atoms with E-state index >= 15 is 0 Å². The zero-order valence-corrected chi connectivity index (χ0v) is 15.2. The first kappa shape index (κ1) is 17.1. The molecule has 1 aromatic carbocycles. The standard InChI is InChI=1S/C19H20FN7/c1-3-10-26-13-21-24-18(26)12-25(2)19-11-16(14-4-6-15(20)7-5-14)23-17-8-9-22-27(17)19/h4-9,11,13H,3,10,12H2,1-2H3. The van der Waals surface area contributed by atoms with Crippen molar-refractivity contribution in [3.8, 4) is 11.3 Å². The predicted octanol–water partition coefficient (Wildman–Crippen LogP) is 3.17. The van der Waals surface area contributed by atoms with E-state index < -0.39 is 0 Å². The average molecular weight is 365 g/mol. The summed E-state index contributed by atoms with van der Waals surface area (Å²) in [6.45, 7) is 3.59. The fourth-order valence-electron chi connectivity index (χ4n) is 3.06. The lowest BCUT2D eigenvalue weighted by Crippen LogP contribution is -2.22. The topological polar surface area (TPSA) is 64.1 Å². The van der Waals surface area contributed by atoms with E-state index in [4.69, 9.17) is 0 Å². The van der Waals surface area contributed by atoms with Gasteiger partial charge in [0.1, 0.15) is 18.0 Å². The second-order valence-corrected chi connectivity index (χ2v) is 6.40. The molecule has 3 aromatic heterocycles. The summed E-state index contributed by atoms with van der Waals surface area (Å²) in [5, 5.41) is 12.7. The third-order valence-electron chi connectivity index (χ3n) is 4.41. The van der Waals surface area contributed by atoms with Crippen molar-refractivity contribution in [3.05, 3.63) is 60.6 Å². The molecule has 0 radical (unpaired) electrons. The number of nitrogens with zero attached hydrogens (tertiary/aromatic N) is 7. The summed E-state index contributed by atoms with van der Waals surface area (Å²) in [6.07, 6.45) is 4.49. The highest BCUT2D eigenvalue weighted by Crippen LogP contribution is 2.25. The number of rotatable bonds is 6. The van der Waals surface area contributed by atoms with Crippen LogP contribution in [0.25, 0.3) is 16.9 Å². The minimum Gasteiger partial charge on any atom is -0.352 e. The number of halogens is 1. The average Bonchev–Trinajstić information content (AvgIpc) is 3.31. The number of anilines is 1. The smallest absolute Gasteiger partial charge is 0.157 e. The highest BCUT2D eigenvalue weighted by atomic mass is 19.1. The quantitative estimate of drug-likeness (QED) is 0.525. The van der Waals surface area contributed by atoms with Crippen molar-refractivity contribution in [1.82, 2.24) is 29.4 Å². The van der Waals surface area contributed by atoms with Gasteiger partial charge in [0.2, 0.25) is 0 Å². The molecular weight excluding hydrogens is 345 g/mol. The van der Waals surface area contributed by atoms with Crippen molar-refractivity contribution in [2.24, 2.45) is 0 Å². The van der Waals surface area contributed by atoms with Crippen LogP contribution in [-0.2, 0) is 13.1 Å². The minimum atomic E-state index is -0.267. The maximum Gasteiger partial charge on any atom is 0.157 e. The molecule has 0 aliphatic rings. The number of hydrogen-bond donors (Lipinski definition) is 0. The largest absolute Gasteiger partial charge is 0.352 e. The molecule has 0 aliphatic heterocycles. The van der Waals surface area contributed by atoms with Crippen molar-refractivity contribution < 1.29 is 4.39 Å². The van der Waals surface area contributed by atoms with Crippen LogP contribution in [0, 0.1) is 5.82 Å². The number of aryl methyl sites for hydroxylation is 1. The Hall–Kier alpha value is -3.29. The van der Waals surface area contributed by atoms with E-state index in [0.717, 1.165) is 41.5 Å². The Labute approximate surface area is 156 Å². The van der Waals surface area contributed by atoms with E-state index in [1.807, 2.05) is 19.2 Å². The third kappa shape index (κ3) is 3.38. The Morgan fingerprint density at radius 1 is 1.15 bits per heavy atom. The van der Waals surface area contributed by atoms with Crippen LogP contribution in [0.4, 0.5) is 10.2 Å². The van der Waals surface area contributed by atoms with Crippen LogP contribution in [0.3, 0.4) is 0 Å². The second-order valence-electron chi connectivity index (χ2n) is 6.40. The molecule has 7 nitrogen and oxygen atoms in total. The normalized spacial score (nSPS) is 11.2. The van der Waals surface area contributed by atoms with Gasteiger partial charge in [-0.25, -0.2) is 9.37 Å². The fraction of sp³-hybridized carbons (Fsp3) is 0.263. The van der Waals surface area contributed by atoms with Crippen LogP contribution in [0.2, 0.25) is 0 Å². The Kier molecular flexibility index (Phi) is 4.53. The van der Waals surface area contributed by atoms with Gasteiger partial charge in [-0.05, 0) is 30.7 Å². The maximum atomic E-state index is 13.3. The monoisotopic (exact) mass is 365 g/mol. The summed E-state index contributed by atoms with van der Waals surface area (Å²) in [5.41, 5.74) is 2.34. The molecule has 8 heteroatoms. The molecular formula is C19H20FN7. The zero-order chi connectivity index (χ0) is 18.8. The van der Waals surface area contributed by atoms with Gasteiger partial charge in [-0.15, -0.1) is 10.2 Å². The molecule has 0 unspecified atom stereocenters. The lowest BCUT2D eigenvalue weighted by atomic mass is 10.1. The van der Waals surface area contributed by atoms with Crippen LogP contribution in [-0.4, -0.2) is 36.4 Å². The zero-order valence-electron chi connectivity index (χ0n) is 15.2. The molecule has 0 atom stereocenters. The Morgan fingerprint density at radius 2 is 1.96 bits per heavy atom. The van der Waals surface area contributed by atoms with Gasteiger partial charge in [-0.1, -0.05) is 6.92 Å². The van der Waals surface area contributed by atoms with Crippen LogP contribution in [0.15, 0.2) is 48.9 Å². The van der Waals surface area contributed by atoms with E-state index in [1.54, 1.807) is 29.2 Å². The third-order valence-corrected chi connectivity index (χ3v) is 4.41. The lowest BCUT2D eigenvalue weighted by molar-refractivity contribution is 0.628. The summed E-state index contributed by atoms with van der Waals surface area (Å²) in [4.78, 5) is 6.70. The summed E-state index contributed by atoms with van der Waals surface area (Å²) in [5.74, 6) is 1.49. The van der Waals surface area contributed by atoms with Gasteiger partial charge in [0.05, 0.1) is 18.4 Å². The summed E-state index contributed by atoms with van der Waals surface area (Å²) in [6, 6.07) is 10.1. The van der Waals surface area contributed by atoms with Gasteiger partial charge in [0.25, 0.3) is 0 Å². The Bertz CT molecular complexity index is 1050. The van der Waals surface area contributed by atoms with Gasteiger partial charge >= 0.3 is 0 Å². The van der Waals surface area contributed by atoms with Crippen LogP contribution >= 0.6 is 0 Å². The van der Waals surface area contributed by atoms with Crippen molar-refractivity contribution in [2.75, 3.05) is 11.9 Å². The molecule has 3 heterocycles. The highest BCUT2D eigenvalue weighted by Gasteiger charge is 2.14. The van der Waals surface area contributed by atoms with Gasteiger partial charge in [0.15, 0.2) is 11.5 Å². The minimum absolute atomic E-state index is 0.267. The molecule has 4 aromatic rings. The van der Waals surface area contributed by atoms with E-state index in [2.05, 4.69) is 36.7 Å². The molecule has 0 fully saturated rings. The highest BCUT2D eigenvalue weighted by molar-refractivity contribution is 5.66. The summed E-state index contributed by atoms with van der Waals surface area (Å²) in [7, 11) is 1.98. The van der Waals surface area contributed by atoms with E-state index in [9.17, 15) is 4.39 Å². The van der Waals surface area contributed by atoms with Gasteiger partial charge in [0, 0.05) is 31.3 Å². The fourth-order valence-corrected chi connectivity index (χ4v) is 3.06. The molecule has 0 N–H and O–H groups in total. The second kappa shape index (κ2) is 7.14. The first-order valence-corrected chi connectivity index (χ1v) is 8.84. The van der Waals surface area contributed by atoms with Crippen LogP contribution < -0.4 is 4.90 Å². The molecule has 0 saturated heterocycles. The first-order chi connectivity index (χ1) is 13.2. The molecule has 0 saturated carbocycles. The van der Waals surface area contributed by atoms with Crippen molar-refractivity contribution in [3.63, 3.8) is 0 Å². The first-order valence-electron chi connectivity index (χ1n) is 8.84. The summed E-state index contributed by atoms with van der Waals surface area (Å²) >= 11 is 0. The molecule has 0 amide bonds. The molecule has 0 spiro atoms. The van der Waals surface area contributed by atoms with Crippen molar-refractivity contribution in [2.45, 2.75) is 26.4 Å². The molecule has 4 rings (SSSR count). The number of fused-ring (bicyclic) bond motifs is 1. The number of hydrogen-bond acceptors (Lipinski definition) is 5. The van der Waals surface area contributed by atoms with Crippen molar-refractivity contribution in [1.29, 1.82) is 0 Å². The Morgan fingerprint density at radius 3 is 2.74 bits per heavy atom. The van der Waals surface area contributed by atoms with Gasteiger partial charge in [-0.3, -0.25) is 0 Å². The predicted molar refractivity (Wildman–Crippen MR) is 101 cm³/mol. The molecule has 27 heavy (non-hydrogen) atoms. The van der Waals surface area contributed by atoms with E-state index in [0.29, 0.717) is 6.54 Å². The number of aromatic nitrogens is 6. The van der Waals surface area contributed by atoms with Crippen LogP contribution in [0.5, 0.6) is 0 Å². The lowest BCUT2D eigenvalue weighted by Gasteiger charge is -2.20. The number of benzene rings is 1. The van der Waals surface area contributed by atoms with Gasteiger partial charge in [-0.2, -0.15) is 9.61 Å². The molecule has 0 aliphatic carbocycles. The van der Waals surface area contributed by atoms with Crippen LogP contribution in [0.1, 0.15) is 19.2 Å². The van der Waals surface area contributed by atoms with E-state index in [1.165, 1.54) is 12.1 Å². The molecule has 138 valence electrons. The molecule has 0 bridgehead atoms. The van der Waals surface area contributed by atoms with E-state index in [-0.39, 0.29) is 5.82 Å². The van der Waals surface area contributed by atoms with Gasteiger partial charge < -0.3 is 9.47 Å². The summed E-state index contributed by atoms with van der Waals surface area (Å²) < 4.78 is 17.1.